The quantitative estimate of drug-likeness (QED) is 0.650. The van der Waals surface area contributed by atoms with E-state index in [1.807, 2.05) is 24.1 Å². The van der Waals surface area contributed by atoms with Gasteiger partial charge in [0.25, 0.3) is 5.91 Å². The van der Waals surface area contributed by atoms with Gasteiger partial charge in [-0.25, -0.2) is 4.31 Å². The lowest BCUT2D eigenvalue weighted by Gasteiger charge is -2.29. The van der Waals surface area contributed by atoms with Gasteiger partial charge in [0.15, 0.2) is 0 Å². The number of nitrogens with one attached hydrogen (secondary N) is 2. The first-order valence-electron chi connectivity index (χ1n) is 10.9. The molecule has 1 unspecified atom stereocenters. The summed E-state index contributed by atoms with van der Waals surface area (Å²) in [6.45, 7) is 4.22. The van der Waals surface area contributed by atoms with Crippen LogP contribution < -0.4 is 10.6 Å². The van der Waals surface area contributed by atoms with Crippen molar-refractivity contribution >= 4 is 17.9 Å². The Bertz CT molecular complexity index is 899. The van der Waals surface area contributed by atoms with E-state index >= 15 is 0 Å². The zero-order chi connectivity index (χ0) is 21.5. The van der Waals surface area contributed by atoms with Crippen molar-refractivity contribution in [3.63, 3.8) is 0 Å². The Balaban J connectivity index is 1.32. The number of hydrogen-bond donors (Lipinski definition) is 2. The van der Waals surface area contributed by atoms with Crippen LogP contribution in [0.25, 0.3) is 11.1 Å². The van der Waals surface area contributed by atoms with E-state index in [4.69, 9.17) is 4.74 Å². The summed E-state index contributed by atoms with van der Waals surface area (Å²) in [5, 5.41) is 15.5. The molecule has 2 fully saturated rings. The fourth-order valence-corrected chi connectivity index (χ4v) is 4.58. The van der Waals surface area contributed by atoms with E-state index in [-0.39, 0.29) is 5.91 Å². The third-order valence-electron chi connectivity index (χ3n) is 5.54. The smallest absolute Gasteiger partial charge is 0.251 e. The van der Waals surface area contributed by atoms with Gasteiger partial charge in [-0.1, -0.05) is 36.4 Å². The summed E-state index contributed by atoms with van der Waals surface area (Å²) < 4.78 is 7.94. The van der Waals surface area contributed by atoms with Crippen molar-refractivity contribution in [2.75, 3.05) is 32.8 Å². The molecule has 162 valence electrons. The molecule has 0 aliphatic carbocycles. The van der Waals surface area contributed by atoms with Crippen LogP contribution in [0.1, 0.15) is 18.4 Å². The lowest BCUT2D eigenvalue weighted by atomic mass is 10.0. The van der Waals surface area contributed by atoms with Crippen LogP contribution in [0.15, 0.2) is 53.4 Å². The van der Waals surface area contributed by atoms with Gasteiger partial charge in [0.2, 0.25) is 0 Å². The van der Waals surface area contributed by atoms with Crippen LogP contribution in [0.2, 0.25) is 0 Å². The SMILES string of the molecule is N#CC(Cc1ccc(-c2ccc(SN3CCC3)cc2)cc1)NC(=O)[C@@H]1CNCCCO1. The monoisotopic (exact) mass is 436 g/mol. The minimum atomic E-state index is -0.581. The molecule has 0 bridgehead atoms. The highest BCUT2D eigenvalue weighted by atomic mass is 32.2. The van der Waals surface area contributed by atoms with Crippen molar-refractivity contribution in [1.29, 1.82) is 5.26 Å². The average Bonchev–Trinajstić information content (AvgIpc) is 3.06. The van der Waals surface area contributed by atoms with Crippen LogP contribution in [0.3, 0.4) is 0 Å². The molecule has 2 aliphatic heterocycles. The highest BCUT2D eigenvalue weighted by molar-refractivity contribution is 7.97. The number of carbonyl (C=O) groups is 1. The van der Waals surface area contributed by atoms with E-state index < -0.39 is 12.1 Å². The molecule has 2 aliphatic rings. The van der Waals surface area contributed by atoms with Gasteiger partial charge < -0.3 is 15.4 Å². The van der Waals surface area contributed by atoms with Crippen LogP contribution in [-0.2, 0) is 16.0 Å². The summed E-state index contributed by atoms with van der Waals surface area (Å²) in [4.78, 5) is 13.7. The van der Waals surface area contributed by atoms with Crippen molar-refractivity contribution in [3.8, 4) is 17.2 Å². The van der Waals surface area contributed by atoms with Crippen molar-refractivity contribution in [2.24, 2.45) is 0 Å². The highest BCUT2D eigenvalue weighted by Gasteiger charge is 2.23. The van der Waals surface area contributed by atoms with E-state index in [2.05, 4.69) is 57.4 Å². The molecule has 31 heavy (non-hydrogen) atoms. The maximum Gasteiger partial charge on any atom is 0.251 e. The minimum Gasteiger partial charge on any atom is -0.367 e. The van der Waals surface area contributed by atoms with Gasteiger partial charge in [0, 0.05) is 37.6 Å². The molecule has 7 heteroatoms. The molecule has 2 atom stereocenters. The van der Waals surface area contributed by atoms with Gasteiger partial charge in [-0.2, -0.15) is 5.26 Å². The van der Waals surface area contributed by atoms with Gasteiger partial charge in [-0.15, -0.1) is 0 Å². The number of benzene rings is 2. The van der Waals surface area contributed by atoms with Crippen molar-refractivity contribution < 1.29 is 9.53 Å². The van der Waals surface area contributed by atoms with Crippen molar-refractivity contribution in [1.82, 2.24) is 14.9 Å². The zero-order valence-corrected chi connectivity index (χ0v) is 18.4. The summed E-state index contributed by atoms with van der Waals surface area (Å²) in [6, 6.07) is 18.4. The number of rotatable bonds is 7. The fraction of sp³-hybridized carbons (Fsp3) is 0.417. The van der Waals surface area contributed by atoms with Crippen molar-refractivity contribution in [2.45, 2.75) is 36.3 Å². The number of nitriles is 1. The van der Waals surface area contributed by atoms with Crippen LogP contribution in [0.5, 0.6) is 0 Å². The van der Waals surface area contributed by atoms with Gasteiger partial charge in [0.05, 0.1) is 6.07 Å². The summed E-state index contributed by atoms with van der Waals surface area (Å²) in [7, 11) is 0. The van der Waals surface area contributed by atoms with E-state index in [0.717, 1.165) is 24.1 Å². The Kier molecular flexibility index (Phi) is 7.60. The second-order valence-corrected chi connectivity index (χ2v) is 9.08. The zero-order valence-electron chi connectivity index (χ0n) is 17.5. The summed E-state index contributed by atoms with van der Waals surface area (Å²) in [5.41, 5.74) is 3.32. The normalized spacial score (nSPS) is 20.2. The molecule has 4 rings (SSSR count). The topological polar surface area (TPSA) is 77.4 Å². The van der Waals surface area contributed by atoms with Crippen LogP contribution >= 0.6 is 11.9 Å². The Morgan fingerprint density at radius 1 is 1.16 bits per heavy atom. The fourth-order valence-electron chi connectivity index (χ4n) is 3.58. The number of ether oxygens (including phenoxy) is 1. The largest absolute Gasteiger partial charge is 0.367 e. The Morgan fingerprint density at radius 3 is 2.52 bits per heavy atom. The van der Waals surface area contributed by atoms with E-state index in [9.17, 15) is 10.1 Å². The first-order chi connectivity index (χ1) is 15.2. The molecular weight excluding hydrogens is 408 g/mol. The average molecular weight is 437 g/mol. The summed E-state index contributed by atoms with van der Waals surface area (Å²) in [6.07, 6.45) is 2.11. The lowest BCUT2D eigenvalue weighted by Crippen LogP contribution is -2.46. The van der Waals surface area contributed by atoms with Gasteiger partial charge in [-0.3, -0.25) is 4.79 Å². The predicted molar refractivity (Wildman–Crippen MR) is 122 cm³/mol. The van der Waals surface area contributed by atoms with Gasteiger partial charge >= 0.3 is 0 Å². The molecule has 1 amide bonds. The minimum absolute atomic E-state index is 0.228. The first-order valence-corrected chi connectivity index (χ1v) is 11.6. The highest BCUT2D eigenvalue weighted by Crippen LogP contribution is 2.29. The Labute approximate surface area is 188 Å². The third kappa shape index (κ3) is 6.08. The first kappa shape index (κ1) is 21.8. The summed E-state index contributed by atoms with van der Waals surface area (Å²) >= 11 is 1.82. The number of carbonyl (C=O) groups excluding carboxylic acids is 1. The molecular formula is C24H28N4O2S. The molecule has 2 aromatic rings. The second-order valence-electron chi connectivity index (χ2n) is 7.91. The number of hydrogen-bond acceptors (Lipinski definition) is 6. The van der Waals surface area contributed by atoms with E-state index in [0.29, 0.717) is 19.6 Å². The summed E-state index contributed by atoms with van der Waals surface area (Å²) in [5.74, 6) is -0.228. The molecule has 0 saturated carbocycles. The number of amides is 1. The second kappa shape index (κ2) is 10.8. The maximum atomic E-state index is 12.4. The van der Waals surface area contributed by atoms with Crippen LogP contribution in [-0.4, -0.2) is 55.1 Å². The van der Waals surface area contributed by atoms with Crippen molar-refractivity contribution in [3.05, 3.63) is 54.1 Å². The standard InChI is InChI=1S/C24H28N4O2S/c25-16-21(27-24(29)23-17-26-11-1-14-30-23)15-18-3-5-19(6-4-18)20-7-9-22(10-8-20)31-28-12-2-13-28/h3-10,21,23,26H,1-2,11-15,17H2,(H,27,29)/t21?,23-/m0/s1. The van der Waals surface area contributed by atoms with E-state index in [1.54, 1.807) is 0 Å². The number of nitrogens with zero attached hydrogens (tertiary/aromatic N) is 2. The molecule has 2 aromatic carbocycles. The Morgan fingerprint density at radius 2 is 1.87 bits per heavy atom. The molecule has 6 nitrogen and oxygen atoms in total. The van der Waals surface area contributed by atoms with Crippen LogP contribution in [0, 0.1) is 11.3 Å². The van der Waals surface area contributed by atoms with Gasteiger partial charge in [0.1, 0.15) is 12.1 Å². The van der Waals surface area contributed by atoms with Gasteiger partial charge in [-0.05, 0) is 60.2 Å². The molecule has 2 N–H and O–H groups in total. The lowest BCUT2D eigenvalue weighted by molar-refractivity contribution is -0.132. The predicted octanol–water partition coefficient (Wildman–Crippen LogP) is 3.00. The third-order valence-corrected chi connectivity index (χ3v) is 6.65. The molecule has 0 aromatic heterocycles. The molecule has 0 radical (unpaired) electrons. The maximum absolute atomic E-state index is 12.4. The Hall–Kier alpha value is -2.37. The van der Waals surface area contributed by atoms with E-state index in [1.165, 1.54) is 30.0 Å². The molecule has 2 heterocycles. The molecule has 0 spiro atoms. The molecule has 2 saturated heterocycles. The van der Waals surface area contributed by atoms with Crippen LogP contribution in [0.4, 0.5) is 0 Å².